The molecule has 1 atom stereocenters. The van der Waals surface area contributed by atoms with Gasteiger partial charge in [0.1, 0.15) is 11.9 Å². The van der Waals surface area contributed by atoms with Crippen LogP contribution in [0.1, 0.15) is 23.6 Å². The number of halogens is 1. The molecular formula is C23H21FN2O2. The van der Waals surface area contributed by atoms with Crippen LogP contribution in [-0.2, 0) is 16.0 Å². The third kappa shape index (κ3) is 5.51. The zero-order chi connectivity index (χ0) is 19.8. The number of rotatable bonds is 7. The van der Waals surface area contributed by atoms with Crippen LogP contribution in [0.3, 0.4) is 0 Å². The summed E-state index contributed by atoms with van der Waals surface area (Å²) < 4.78 is 13.3. The standard InChI is InChI=1S/C23H21FN2O2/c24-19-11-7-8-17(16-19)14-15-21(27)26-22(18-9-3-1-4-10-18)23(28)25-20-12-5-2-6-13-20/h1-13,16,22H,14-15H2,(H,25,28)(H,26,27). The van der Waals surface area contributed by atoms with E-state index in [1.54, 1.807) is 36.4 Å². The minimum atomic E-state index is -0.818. The van der Waals surface area contributed by atoms with Crippen molar-refractivity contribution in [1.82, 2.24) is 5.32 Å². The van der Waals surface area contributed by atoms with E-state index in [4.69, 9.17) is 0 Å². The molecule has 3 aromatic carbocycles. The van der Waals surface area contributed by atoms with Crippen molar-refractivity contribution in [2.75, 3.05) is 5.32 Å². The van der Waals surface area contributed by atoms with E-state index in [2.05, 4.69) is 10.6 Å². The van der Waals surface area contributed by atoms with Crippen LogP contribution in [0.15, 0.2) is 84.9 Å². The molecule has 5 heteroatoms. The third-order valence-electron chi connectivity index (χ3n) is 4.27. The summed E-state index contributed by atoms with van der Waals surface area (Å²) >= 11 is 0. The predicted octanol–water partition coefficient (Wildman–Crippen LogP) is 4.25. The van der Waals surface area contributed by atoms with E-state index in [0.717, 1.165) is 5.56 Å². The summed E-state index contributed by atoms with van der Waals surface area (Å²) in [6, 6.07) is 23.5. The Morgan fingerprint density at radius 3 is 2.21 bits per heavy atom. The second-order valence-corrected chi connectivity index (χ2v) is 6.40. The van der Waals surface area contributed by atoms with Gasteiger partial charge in [0, 0.05) is 12.1 Å². The van der Waals surface area contributed by atoms with Gasteiger partial charge in [-0.3, -0.25) is 9.59 Å². The Labute approximate surface area is 163 Å². The largest absolute Gasteiger partial charge is 0.341 e. The van der Waals surface area contributed by atoms with Crippen LogP contribution in [0.2, 0.25) is 0 Å². The molecule has 0 bridgehead atoms. The van der Waals surface area contributed by atoms with Crippen LogP contribution in [0.5, 0.6) is 0 Å². The third-order valence-corrected chi connectivity index (χ3v) is 4.27. The second kappa shape index (κ2) is 9.46. The Hall–Kier alpha value is -3.47. The van der Waals surface area contributed by atoms with Gasteiger partial charge in [-0.2, -0.15) is 0 Å². The number of amides is 2. The van der Waals surface area contributed by atoms with Crippen molar-refractivity contribution >= 4 is 17.5 Å². The van der Waals surface area contributed by atoms with E-state index in [1.807, 2.05) is 36.4 Å². The van der Waals surface area contributed by atoms with Gasteiger partial charge >= 0.3 is 0 Å². The molecule has 0 heterocycles. The van der Waals surface area contributed by atoms with E-state index in [-0.39, 0.29) is 24.1 Å². The molecule has 1 unspecified atom stereocenters. The minimum Gasteiger partial charge on any atom is -0.341 e. The summed E-state index contributed by atoms with van der Waals surface area (Å²) in [5, 5.41) is 5.62. The molecule has 3 rings (SSSR count). The van der Waals surface area contributed by atoms with Gasteiger partial charge in [-0.15, -0.1) is 0 Å². The monoisotopic (exact) mass is 376 g/mol. The Morgan fingerprint density at radius 2 is 1.54 bits per heavy atom. The zero-order valence-electron chi connectivity index (χ0n) is 15.3. The summed E-state index contributed by atoms with van der Waals surface area (Å²) in [6.45, 7) is 0. The minimum absolute atomic E-state index is 0.158. The SMILES string of the molecule is O=C(CCc1cccc(F)c1)NC(C(=O)Nc1ccccc1)c1ccccc1. The van der Waals surface area contributed by atoms with E-state index in [1.165, 1.54) is 12.1 Å². The van der Waals surface area contributed by atoms with Gasteiger partial charge in [0.05, 0.1) is 0 Å². The molecule has 3 aromatic rings. The molecule has 0 aromatic heterocycles. The topological polar surface area (TPSA) is 58.2 Å². The van der Waals surface area contributed by atoms with Crippen molar-refractivity contribution in [3.8, 4) is 0 Å². The fourth-order valence-corrected chi connectivity index (χ4v) is 2.87. The summed E-state index contributed by atoms with van der Waals surface area (Å²) in [5.41, 5.74) is 2.08. The first-order valence-electron chi connectivity index (χ1n) is 9.06. The molecule has 0 spiro atoms. The fraction of sp³-hybridized carbons (Fsp3) is 0.130. The van der Waals surface area contributed by atoms with Gasteiger partial charge in [0.25, 0.3) is 5.91 Å². The lowest BCUT2D eigenvalue weighted by Crippen LogP contribution is -2.37. The molecule has 0 aliphatic heterocycles. The number of carbonyl (C=O) groups is 2. The van der Waals surface area contributed by atoms with Gasteiger partial charge in [0.2, 0.25) is 5.91 Å². The Kier molecular flexibility index (Phi) is 6.52. The zero-order valence-corrected chi connectivity index (χ0v) is 15.3. The molecule has 2 N–H and O–H groups in total. The van der Waals surface area contributed by atoms with E-state index < -0.39 is 6.04 Å². The highest BCUT2D eigenvalue weighted by molar-refractivity contribution is 5.97. The summed E-state index contributed by atoms with van der Waals surface area (Å²) in [4.78, 5) is 25.2. The molecule has 4 nitrogen and oxygen atoms in total. The van der Waals surface area contributed by atoms with Gasteiger partial charge in [-0.05, 0) is 41.8 Å². The first kappa shape index (κ1) is 19.3. The van der Waals surface area contributed by atoms with Crippen LogP contribution < -0.4 is 10.6 Å². The molecule has 142 valence electrons. The number of para-hydroxylation sites is 1. The van der Waals surface area contributed by atoms with Crippen LogP contribution in [-0.4, -0.2) is 11.8 Å². The smallest absolute Gasteiger partial charge is 0.251 e. The fourth-order valence-electron chi connectivity index (χ4n) is 2.87. The highest BCUT2D eigenvalue weighted by Crippen LogP contribution is 2.17. The first-order valence-corrected chi connectivity index (χ1v) is 9.06. The number of nitrogens with one attached hydrogen (secondary N) is 2. The quantitative estimate of drug-likeness (QED) is 0.647. The Balaban J connectivity index is 1.68. The lowest BCUT2D eigenvalue weighted by molar-refractivity contribution is -0.126. The van der Waals surface area contributed by atoms with Crippen molar-refractivity contribution in [2.45, 2.75) is 18.9 Å². The van der Waals surface area contributed by atoms with E-state index in [0.29, 0.717) is 17.7 Å². The van der Waals surface area contributed by atoms with Gasteiger partial charge < -0.3 is 10.6 Å². The van der Waals surface area contributed by atoms with Crippen LogP contribution >= 0.6 is 0 Å². The number of carbonyl (C=O) groups excluding carboxylic acids is 2. The number of hydrogen-bond acceptors (Lipinski definition) is 2. The van der Waals surface area contributed by atoms with Gasteiger partial charge in [0.15, 0.2) is 0 Å². The molecule has 0 fully saturated rings. The highest BCUT2D eigenvalue weighted by Gasteiger charge is 2.22. The average Bonchev–Trinajstić information content (AvgIpc) is 2.72. The van der Waals surface area contributed by atoms with Crippen molar-refractivity contribution in [2.24, 2.45) is 0 Å². The molecule has 0 aliphatic carbocycles. The maximum absolute atomic E-state index is 13.3. The Morgan fingerprint density at radius 1 is 0.857 bits per heavy atom. The molecule has 0 saturated heterocycles. The molecule has 0 aliphatic rings. The first-order chi connectivity index (χ1) is 13.6. The van der Waals surface area contributed by atoms with Crippen molar-refractivity contribution < 1.29 is 14.0 Å². The number of aryl methyl sites for hydroxylation is 1. The molecule has 28 heavy (non-hydrogen) atoms. The van der Waals surface area contributed by atoms with Gasteiger partial charge in [-0.1, -0.05) is 60.7 Å². The normalized spacial score (nSPS) is 11.5. The lowest BCUT2D eigenvalue weighted by atomic mass is 10.0. The lowest BCUT2D eigenvalue weighted by Gasteiger charge is -2.19. The van der Waals surface area contributed by atoms with Crippen LogP contribution in [0.4, 0.5) is 10.1 Å². The highest BCUT2D eigenvalue weighted by atomic mass is 19.1. The van der Waals surface area contributed by atoms with E-state index >= 15 is 0 Å². The van der Waals surface area contributed by atoms with Crippen molar-refractivity contribution in [1.29, 1.82) is 0 Å². The summed E-state index contributed by atoms with van der Waals surface area (Å²) in [6.07, 6.45) is 0.552. The Bertz CT molecular complexity index is 930. The van der Waals surface area contributed by atoms with Crippen LogP contribution in [0, 0.1) is 5.82 Å². The summed E-state index contributed by atoms with van der Waals surface area (Å²) in [7, 11) is 0. The maximum atomic E-state index is 13.3. The molecule has 0 radical (unpaired) electrons. The van der Waals surface area contributed by atoms with Crippen LogP contribution in [0.25, 0.3) is 0 Å². The molecular weight excluding hydrogens is 355 g/mol. The summed E-state index contributed by atoms with van der Waals surface area (Å²) in [5.74, 6) is -0.930. The maximum Gasteiger partial charge on any atom is 0.251 e. The van der Waals surface area contributed by atoms with Gasteiger partial charge in [-0.25, -0.2) is 4.39 Å². The van der Waals surface area contributed by atoms with Crippen molar-refractivity contribution in [3.05, 3.63) is 102 Å². The number of hydrogen-bond donors (Lipinski definition) is 2. The van der Waals surface area contributed by atoms with Crippen molar-refractivity contribution in [3.63, 3.8) is 0 Å². The number of anilines is 1. The molecule has 2 amide bonds. The average molecular weight is 376 g/mol. The molecule has 0 saturated carbocycles. The number of benzene rings is 3. The second-order valence-electron chi connectivity index (χ2n) is 6.40. The predicted molar refractivity (Wildman–Crippen MR) is 107 cm³/mol. The van der Waals surface area contributed by atoms with E-state index in [9.17, 15) is 14.0 Å².